The Bertz CT molecular complexity index is 315. The Morgan fingerprint density at radius 1 is 1.57 bits per heavy atom. The van der Waals surface area contributed by atoms with Crippen LogP contribution in [0.3, 0.4) is 0 Å². The zero-order chi connectivity index (χ0) is 10.6. The van der Waals surface area contributed by atoms with E-state index in [1.54, 1.807) is 6.20 Å². The molecule has 1 aromatic rings. The second-order valence-corrected chi connectivity index (χ2v) is 3.95. The Balaban J connectivity index is 2.73. The molecule has 14 heavy (non-hydrogen) atoms. The Hall–Kier alpha value is -0.770. The number of halogens is 1. The van der Waals surface area contributed by atoms with Gasteiger partial charge in [-0.2, -0.15) is 0 Å². The van der Waals surface area contributed by atoms with Crippen molar-refractivity contribution in [3.05, 3.63) is 16.2 Å². The molecule has 0 aliphatic carbocycles. The van der Waals surface area contributed by atoms with Gasteiger partial charge in [-0.25, -0.2) is 4.98 Å². The number of hydrogen-bond acceptors (Lipinski definition) is 3. The Kier molecular flexibility index (Phi) is 4.20. The normalized spacial score (nSPS) is 10.2. The van der Waals surface area contributed by atoms with Crippen molar-refractivity contribution in [1.29, 1.82) is 0 Å². The lowest BCUT2D eigenvalue weighted by Crippen LogP contribution is -2.01. The van der Waals surface area contributed by atoms with Crippen molar-refractivity contribution >= 4 is 21.6 Å². The molecule has 0 fully saturated rings. The van der Waals surface area contributed by atoms with Crippen LogP contribution in [0.2, 0.25) is 0 Å². The maximum atomic E-state index is 5.70. The monoisotopic (exact) mass is 258 g/mol. The van der Waals surface area contributed by atoms with Crippen molar-refractivity contribution < 1.29 is 4.74 Å². The molecule has 0 spiro atoms. The lowest BCUT2D eigenvalue weighted by atomic mass is 10.2. The molecule has 1 heterocycles. The summed E-state index contributed by atoms with van der Waals surface area (Å²) in [5.41, 5.74) is 7.35. The van der Waals surface area contributed by atoms with Gasteiger partial charge in [0, 0.05) is 0 Å². The lowest BCUT2D eigenvalue weighted by Gasteiger charge is -2.09. The lowest BCUT2D eigenvalue weighted by molar-refractivity contribution is 0.295. The van der Waals surface area contributed by atoms with Crippen molar-refractivity contribution in [3.63, 3.8) is 0 Å². The van der Waals surface area contributed by atoms with Gasteiger partial charge in [0.05, 0.1) is 23.0 Å². The van der Waals surface area contributed by atoms with Gasteiger partial charge in [-0.05, 0) is 34.8 Å². The zero-order valence-electron chi connectivity index (χ0n) is 8.51. The molecule has 0 atom stereocenters. The molecule has 0 radical (unpaired) electrons. The molecule has 78 valence electrons. The fraction of sp³-hybridized carbons (Fsp3) is 0.500. The summed E-state index contributed by atoms with van der Waals surface area (Å²) in [6.45, 7) is 4.76. The van der Waals surface area contributed by atoms with Crippen LogP contribution in [0.5, 0.6) is 5.88 Å². The Morgan fingerprint density at radius 2 is 2.29 bits per heavy atom. The maximum Gasteiger partial charge on any atom is 0.228 e. The first-order valence-corrected chi connectivity index (χ1v) is 5.49. The summed E-state index contributed by atoms with van der Waals surface area (Å²) in [7, 11) is 0. The van der Waals surface area contributed by atoms with Crippen molar-refractivity contribution in [2.45, 2.75) is 26.7 Å². The van der Waals surface area contributed by atoms with Gasteiger partial charge in [0.1, 0.15) is 0 Å². The highest BCUT2D eigenvalue weighted by molar-refractivity contribution is 9.10. The quantitative estimate of drug-likeness (QED) is 0.846. The van der Waals surface area contributed by atoms with Crippen LogP contribution < -0.4 is 10.5 Å². The van der Waals surface area contributed by atoms with Crippen LogP contribution in [0, 0.1) is 6.92 Å². The van der Waals surface area contributed by atoms with Crippen LogP contribution in [0.15, 0.2) is 10.7 Å². The van der Waals surface area contributed by atoms with E-state index >= 15 is 0 Å². The molecule has 0 unspecified atom stereocenters. The maximum absolute atomic E-state index is 5.70. The van der Waals surface area contributed by atoms with Gasteiger partial charge in [-0.3, -0.25) is 0 Å². The number of nitrogens with two attached hydrogens (primary N) is 1. The highest BCUT2D eigenvalue weighted by atomic mass is 79.9. The van der Waals surface area contributed by atoms with E-state index in [0.29, 0.717) is 18.2 Å². The number of unbranched alkanes of at least 4 members (excludes halogenated alkanes) is 1. The summed E-state index contributed by atoms with van der Waals surface area (Å²) in [6.07, 6.45) is 3.78. The summed E-state index contributed by atoms with van der Waals surface area (Å²) in [6, 6.07) is 0. The topological polar surface area (TPSA) is 48.1 Å². The fourth-order valence-electron chi connectivity index (χ4n) is 0.983. The molecule has 0 bridgehead atoms. The van der Waals surface area contributed by atoms with E-state index in [4.69, 9.17) is 10.5 Å². The number of pyridine rings is 1. The van der Waals surface area contributed by atoms with E-state index < -0.39 is 0 Å². The number of nitrogens with zero attached hydrogens (tertiary/aromatic N) is 1. The summed E-state index contributed by atoms with van der Waals surface area (Å²) in [5, 5.41) is 0. The minimum absolute atomic E-state index is 0.630. The fourth-order valence-corrected chi connectivity index (χ4v) is 1.43. The van der Waals surface area contributed by atoms with Gasteiger partial charge in [0.25, 0.3) is 0 Å². The standard InChI is InChI=1S/C10H15BrN2O/c1-3-4-5-14-10-9(11)7(2)8(12)6-13-10/h6H,3-5,12H2,1-2H3. The molecule has 0 aromatic carbocycles. The second kappa shape index (κ2) is 5.20. The number of hydrogen-bond donors (Lipinski definition) is 1. The molecule has 3 nitrogen and oxygen atoms in total. The van der Waals surface area contributed by atoms with Crippen molar-refractivity contribution in [2.75, 3.05) is 12.3 Å². The average molecular weight is 259 g/mol. The largest absolute Gasteiger partial charge is 0.477 e. The van der Waals surface area contributed by atoms with E-state index in [-0.39, 0.29) is 0 Å². The van der Waals surface area contributed by atoms with Crippen LogP contribution in [0.4, 0.5) is 5.69 Å². The molecular weight excluding hydrogens is 244 g/mol. The predicted molar refractivity (Wildman–Crippen MR) is 61.5 cm³/mol. The highest BCUT2D eigenvalue weighted by Crippen LogP contribution is 2.29. The van der Waals surface area contributed by atoms with Gasteiger partial charge >= 0.3 is 0 Å². The first-order chi connectivity index (χ1) is 6.66. The van der Waals surface area contributed by atoms with Gasteiger partial charge in [0.2, 0.25) is 5.88 Å². The van der Waals surface area contributed by atoms with E-state index in [0.717, 1.165) is 22.9 Å². The van der Waals surface area contributed by atoms with Crippen molar-refractivity contribution in [2.24, 2.45) is 0 Å². The summed E-state index contributed by atoms with van der Waals surface area (Å²) in [5.74, 6) is 0.630. The highest BCUT2D eigenvalue weighted by Gasteiger charge is 2.07. The zero-order valence-corrected chi connectivity index (χ0v) is 10.1. The van der Waals surface area contributed by atoms with E-state index in [1.165, 1.54) is 0 Å². The van der Waals surface area contributed by atoms with Gasteiger partial charge in [-0.1, -0.05) is 13.3 Å². The molecule has 1 rings (SSSR count). The summed E-state index contributed by atoms with van der Waals surface area (Å²) >= 11 is 3.42. The average Bonchev–Trinajstić information content (AvgIpc) is 2.18. The molecule has 2 N–H and O–H groups in total. The smallest absolute Gasteiger partial charge is 0.228 e. The number of aromatic nitrogens is 1. The van der Waals surface area contributed by atoms with E-state index in [9.17, 15) is 0 Å². The molecule has 0 saturated carbocycles. The number of ether oxygens (including phenoxy) is 1. The van der Waals surface area contributed by atoms with Gasteiger partial charge in [-0.15, -0.1) is 0 Å². The van der Waals surface area contributed by atoms with Crippen LogP contribution in [0.1, 0.15) is 25.3 Å². The predicted octanol–water partition coefficient (Wildman–Crippen LogP) is 2.91. The van der Waals surface area contributed by atoms with Crippen LogP contribution in [-0.4, -0.2) is 11.6 Å². The third kappa shape index (κ3) is 2.61. The van der Waals surface area contributed by atoms with Crippen LogP contribution in [-0.2, 0) is 0 Å². The number of anilines is 1. The van der Waals surface area contributed by atoms with E-state index in [2.05, 4.69) is 27.8 Å². The molecule has 0 saturated heterocycles. The third-order valence-electron chi connectivity index (χ3n) is 2.01. The van der Waals surface area contributed by atoms with Gasteiger partial charge in [0.15, 0.2) is 0 Å². The van der Waals surface area contributed by atoms with E-state index in [1.807, 2.05) is 6.92 Å². The number of nitrogen functional groups attached to an aromatic ring is 1. The van der Waals surface area contributed by atoms with Crippen LogP contribution in [0.25, 0.3) is 0 Å². The van der Waals surface area contributed by atoms with Crippen molar-refractivity contribution in [3.8, 4) is 5.88 Å². The first-order valence-electron chi connectivity index (χ1n) is 4.70. The summed E-state index contributed by atoms with van der Waals surface area (Å²) in [4.78, 5) is 4.12. The molecule has 4 heteroatoms. The van der Waals surface area contributed by atoms with Crippen molar-refractivity contribution in [1.82, 2.24) is 4.98 Å². The molecular formula is C10H15BrN2O. The van der Waals surface area contributed by atoms with Gasteiger partial charge < -0.3 is 10.5 Å². The second-order valence-electron chi connectivity index (χ2n) is 3.16. The molecule has 0 amide bonds. The molecule has 1 aromatic heterocycles. The first kappa shape index (κ1) is 11.3. The molecule has 0 aliphatic heterocycles. The Morgan fingerprint density at radius 3 is 2.93 bits per heavy atom. The minimum Gasteiger partial charge on any atom is -0.477 e. The van der Waals surface area contributed by atoms with Crippen LogP contribution >= 0.6 is 15.9 Å². The third-order valence-corrected chi connectivity index (χ3v) is 2.94. The Labute approximate surface area is 92.8 Å². The minimum atomic E-state index is 0.630. The summed E-state index contributed by atoms with van der Waals surface area (Å²) < 4.78 is 6.35. The molecule has 0 aliphatic rings. The SMILES string of the molecule is CCCCOc1ncc(N)c(C)c1Br. The number of rotatable bonds is 4.